The maximum atomic E-state index is 12.2. The molecule has 1 amide bonds. The molecule has 3 rings (SSSR count). The van der Waals surface area contributed by atoms with Crippen molar-refractivity contribution in [2.24, 2.45) is 0 Å². The topological polar surface area (TPSA) is 106 Å². The van der Waals surface area contributed by atoms with E-state index in [1.54, 1.807) is 18.2 Å². The number of thiocarbonyl (C=S) groups is 1. The average molecular weight is 422 g/mol. The smallest absolute Gasteiger partial charge is 0.239 e. The molecule has 2 aromatic carbocycles. The van der Waals surface area contributed by atoms with Crippen LogP contribution < -0.4 is 25.6 Å². The zero-order valence-electron chi connectivity index (χ0n) is 14.8. The van der Waals surface area contributed by atoms with Gasteiger partial charge in [0.2, 0.25) is 12.7 Å². The Labute approximate surface area is 168 Å². The number of hydrogen-bond donors (Lipinski definition) is 3. The van der Waals surface area contributed by atoms with Crippen LogP contribution in [0.5, 0.6) is 11.5 Å². The second-order valence-corrected chi connectivity index (χ2v) is 8.44. The molecular formula is C18H19N3O5S2. The SMILES string of the molecule is O=C(CCS(=O)(=O)c1ccccc1)NNC(=S)NCc1ccc2c(c1)OCO2. The molecule has 0 aliphatic carbocycles. The van der Waals surface area contributed by atoms with E-state index in [-0.39, 0.29) is 29.0 Å². The number of rotatable bonds is 6. The average Bonchev–Trinajstić information content (AvgIpc) is 3.18. The lowest BCUT2D eigenvalue weighted by Crippen LogP contribution is -2.46. The van der Waals surface area contributed by atoms with E-state index in [4.69, 9.17) is 21.7 Å². The quantitative estimate of drug-likeness (QED) is 0.473. The standard InChI is InChI=1S/C18H19N3O5S2/c22-17(8-9-28(23,24)14-4-2-1-3-5-14)20-21-18(27)19-11-13-6-7-15-16(10-13)26-12-25-15/h1-7,10H,8-9,11-12H2,(H,20,22)(H2,19,21,27). The van der Waals surface area contributed by atoms with Gasteiger partial charge in [0.15, 0.2) is 26.4 Å². The van der Waals surface area contributed by atoms with E-state index in [1.807, 2.05) is 18.2 Å². The molecule has 0 aromatic heterocycles. The first kappa shape index (κ1) is 19.9. The molecule has 148 valence electrons. The van der Waals surface area contributed by atoms with E-state index >= 15 is 0 Å². The molecule has 2 aromatic rings. The number of fused-ring (bicyclic) bond motifs is 1. The summed E-state index contributed by atoms with van der Waals surface area (Å²) >= 11 is 5.09. The zero-order chi connectivity index (χ0) is 20.0. The van der Waals surface area contributed by atoms with E-state index in [0.29, 0.717) is 18.0 Å². The molecule has 3 N–H and O–H groups in total. The van der Waals surface area contributed by atoms with Crippen molar-refractivity contribution in [3.63, 3.8) is 0 Å². The van der Waals surface area contributed by atoms with Gasteiger partial charge in [-0.25, -0.2) is 8.42 Å². The third-order valence-corrected chi connectivity index (χ3v) is 5.88. The van der Waals surface area contributed by atoms with E-state index in [9.17, 15) is 13.2 Å². The summed E-state index contributed by atoms with van der Waals surface area (Å²) in [4.78, 5) is 12.1. The van der Waals surface area contributed by atoms with Gasteiger partial charge in [-0.3, -0.25) is 15.6 Å². The number of carbonyl (C=O) groups excluding carboxylic acids is 1. The van der Waals surface area contributed by atoms with Crippen molar-refractivity contribution in [3.8, 4) is 11.5 Å². The molecule has 0 atom stereocenters. The second kappa shape index (κ2) is 8.89. The summed E-state index contributed by atoms with van der Waals surface area (Å²) in [6, 6.07) is 13.5. The van der Waals surface area contributed by atoms with Crippen LogP contribution in [0.1, 0.15) is 12.0 Å². The van der Waals surface area contributed by atoms with Crippen LogP contribution in [-0.4, -0.2) is 32.0 Å². The number of hydrogen-bond acceptors (Lipinski definition) is 6. The Hall–Kier alpha value is -2.85. The maximum Gasteiger partial charge on any atom is 0.239 e. The Morgan fingerprint density at radius 3 is 2.57 bits per heavy atom. The summed E-state index contributed by atoms with van der Waals surface area (Å²) in [5.74, 6) is 0.599. The number of carbonyl (C=O) groups is 1. The van der Waals surface area contributed by atoms with Crippen molar-refractivity contribution in [1.29, 1.82) is 0 Å². The second-order valence-electron chi connectivity index (χ2n) is 5.93. The number of ether oxygens (including phenoxy) is 2. The molecular weight excluding hydrogens is 402 g/mol. The highest BCUT2D eigenvalue weighted by atomic mass is 32.2. The fourth-order valence-corrected chi connectivity index (χ4v) is 3.82. The Morgan fingerprint density at radius 2 is 1.79 bits per heavy atom. The minimum Gasteiger partial charge on any atom is -0.454 e. The molecule has 0 unspecified atom stereocenters. The minimum absolute atomic E-state index is 0.186. The number of amides is 1. The van der Waals surface area contributed by atoms with Crippen LogP contribution in [0.2, 0.25) is 0 Å². The Morgan fingerprint density at radius 1 is 1.04 bits per heavy atom. The molecule has 0 fully saturated rings. The molecule has 1 aliphatic rings. The van der Waals surface area contributed by atoms with Gasteiger partial charge < -0.3 is 14.8 Å². The lowest BCUT2D eigenvalue weighted by atomic mass is 10.2. The number of benzene rings is 2. The highest BCUT2D eigenvalue weighted by molar-refractivity contribution is 7.91. The number of nitrogens with one attached hydrogen (secondary N) is 3. The summed E-state index contributed by atoms with van der Waals surface area (Å²) in [5.41, 5.74) is 5.86. The molecule has 10 heteroatoms. The van der Waals surface area contributed by atoms with Crippen LogP contribution in [0.25, 0.3) is 0 Å². The highest BCUT2D eigenvalue weighted by Gasteiger charge is 2.16. The largest absolute Gasteiger partial charge is 0.454 e. The molecule has 28 heavy (non-hydrogen) atoms. The molecule has 1 heterocycles. The first-order valence-corrected chi connectivity index (χ1v) is 10.5. The monoisotopic (exact) mass is 421 g/mol. The van der Waals surface area contributed by atoms with Gasteiger partial charge in [0.05, 0.1) is 10.6 Å². The predicted molar refractivity (Wildman–Crippen MR) is 106 cm³/mol. The summed E-state index contributed by atoms with van der Waals surface area (Å²) in [5, 5.41) is 3.14. The van der Waals surface area contributed by atoms with Gasteiger partial charge in [0.25, 0.3) is 0 Å². The van der Waals surface area contributed by atoms with Crippen molar-refractivity contribution in [3.05, 3.63) is 54.1 Å². The number of sulfone groups is 1. The molecule has 0 radical (unpaired) electrons. The summed E-state index contributed by atoms with van der Waals surface area (Å²) in [7, 11) is -3.50. The molecule has 0 bridgehead atoms. The van der Waals surface area contributed by atoms with Gasteiger partial charge in [-0.2, -0.15) is 0 Å². The summed E-state index contributed by atoms with van der Waals surface area (Å²) in [6.07, 6.45) is -0.186. The molecule has 0 spiro atoms. The van der Waals surface area contributed by atoms with Gasteiger partial charge >= 0.3 is 0 Å². The fourth-order valence-electron chi connectivity index (χ4n) is 2.44. The Balaban J connectivity index is 1.39. The van der Waals surface area contributed by atoms with Gasteiger partial charge in [0, 0.05) is 13.0 Å². The van der Waals surface area contributed by atoms with Crippen LogP contribution in [0.4, 0.5) is 0 Å². The minimum atomic E-state index is -3.50. The lowest BCUT2D eigenvalue weighted by Gasteiger charge is -2.12. The third-order valence-electron chi connectivity index (χ3n) is 3.91. The van der Waals surface area contributed by atoms with Gasteiger partial charge in [-0.1, -0.05) is 24.3 Å². The van der Waals surface area contributed by atoms with Crippen LogP contribution >= 0.6 is 12.2 Å². The van der Waals surface area contributed by atoms with Crippen molar-refractivity contribution in [1.82, 2.24) is 16.2 Å². The van der Waals surface area contributed by atoms with Crippen LogP contribution in [0.3, 0.4) is 0 Å². The van der Waals surface area contributed by atoms with E-state index in [2.05, 4.69) is 16.2 Å². The van der Waals surface area contributed by atoms with Gasteiger partial charge in [-0.05, 0) is 42.0 Å². The highest BCUT2D eigenvalue weighted by Crippen LogP contribution is 2.32. The van der Waals surface area contributed by atoms with Crippen LogP contribution in [0.15, 0.2) is 53.4 Å². The molecule has 0 saturated heterocycles. The predicted octanol–water partition coefficient (Wildman–Crippen LogP) is 1.27. The lowest BCUT2D eigenvalue weighted by molar-refractivity contribution is -0.121. The molecule has 8 nitrogen and oxygen atoms in total. The molecule has 0 saturated carbocycles. The fraction of sp³-hybridized carbons (Fsp3) is 0.222. The van der Waals surface area contributed by atoms with E-state index < -0.39 is 15.7 Å². The van der Waals surface area contributed by atoms with Crippen molar-refractivity contribution >= 4 is 33.1 Å². The first-order valence-electron chi connectivity index (χ1n) is 8.43. The zero-order valence-corrected chi connectivity index (χ0v) is 16.4. The van der Waals surface area contributed by atoms with Gasteiger partial charge in [0.1, 0.15) is 0 Å². The third kappa shape index (κ3) is 5.33. The van der Waals surface area contributed by atoms with Crippen LogP contribution in [-0.2, 0) is 21.2 Å². The van der Waals surface area contributed by atoms with Gasteiger partial charge in [-0.15, -0.1) is 0 Å². The Kier molecular flexibility index (Phi) is 6.32. The summed E-state index contributed by atoms with van der Waals surface area (Å²) in [6.45, 7) is 0.624. The first-order chi connectivity index (χ1) is 13.4. The van der Waals surface area contributed by atoms with Crippen molar-refractivity contribution in [2.75, 3.05) is 12.5 Å². The number of hydrazine groups is 1. The van der Waals surface area contributed by atoms with Crippen molar-refractivity contribution < 1.29 is 22.7 Å². The van der Waals surface area contributed by atoms with E-state index in [0.717, 1.165) is 5.56 Å². The maximum absolute atomic E-state index is 12.2. The van der Waals surface area contributed by atoms with Crippen molar-refractivity contribution in [2.45, 2.75) is 17.9 Å². The molecule has 1 aliphatic heterocycles. The normalized spacial score (nSPS) is 12.3. The van der Waals surface area contributed by atoms with Crippen LogP contribution in [0, 0.1) is 0 Å². The summed E-state index contributed by atoms with van der Waals surface area (Å²) < 4.78 is 34.9. The Bertz CT molecular complexity index is 964. The van der Waals surface area contributed by atoms with E-state index in [1.165, 1.54) is 12.1 Å².